The fourth-order valence-corrected chi connectivity index (χ4v) is 2.38. The van der Waals surface area contributed by atoms with Crippen molar-refractivity contribution in [2.45, 2.75) is 18.4 Å². The zero-order valence-electron chi connectivity index (χ0n) is 9.56. The highest BCUT2D eigenvalue weighted by molar-refractivity contribution is 5.76. The van der Waals surface area contributed by atoms with Crippen LogP contribution in [0.2, 0.25) is 0 Å². The molecule has 0 radical (unpaired) electrons. The summed E-state index contributed by atoms with van der Waals surface area (Å²) in [6, 6.07) is 3.74. The van der Waals surface area contributed by atoms with Gasteiger partial charge in [-0.05, 0) is 18.1 Å². The number of carboxylic acids is 1. The van der Waals surface area contributed by atoms with Gasteiger partial charge in [-0.15, -0.1) is 0 Å². The molecule has 4 nitrogen and oxygen atoms in total. The van der Waals surface area contributed by atoms with Crippen LogP contribution in [0.5, 0.6) is 0 Å². The Morgan fingerprint density at radius 1 is 1.65 bits per heavy atom. The van der Waals surface area contributed by atoms with Crippen molar-refractivity contribution in [1.29, 1.82) is 0 Å². The van der Waals surface area contributed by atoms with Gasteiger partial charge in [-0.2, -0.15) is 0 Å². The molecule has 0 saturated carbocycles. The molecule has 0 aliphatic carbocycles. The molecule has 0 bridgehead atoms. The number of carboxylic acid groups (broad SMARTS) is 1. The first-order valence-electron chi connectivity index (χ1n) is 5.50. The van der Waals surface area contributed by atoms with Crippen molar-refractivity contribution in [2.75, 3.05) is 18.5 Å². The van der Waals surface area contributed by atoms with Gasteiger partial charge in [-0.25, -0.2) is 4.39 Å². The van der Waals surface area contributed by atoms with E-state index >= 15 is 0 Å². The zero-order chi connectivity index (χ0) is 12.6. The number of benzene rings is 1. The average molecular weight is 238 g/mol. The van der Waals surface area contributed by atoms with Gasteiger partial charge in [0.25, 0.3) is 0 Å². The molecule has 2 rings (SSSR count). The number of rotatable bonds is 2. The summed E-state index contributed by atoms with van der Waals surface area (Å²) >= 11 is 0. The third kappa shape index (κ3) is 1.98. The van der Waals surface area contributed by atoms with Gasteiger partial charge in [0.15, 0.2) is 0 Å². The summed E-state index contributed by atoms with van der Waals surface area (Å²) in [5.74, 6) is -1.70. The van der Waals surface area contributed by atoms with Crippen molar-refractivity contribution in [2.24, 2.45) is 5.73 Å². The smallest absolute Gasteiger partial charge is 0.321 e. The number of aliphatic carboxylic acids is 1. The summed E-state index contributed by atoms with van der Waals surface area (Å²) in [6.45, 7) is 0.611. The molecule has 0 spiro atoms. The van der Waals surface area contributed by atoms with E-state index in [2.05, 4.69) is 0 Å². The number of nitrogens with two attached hydrogens (primary N) is 1. The van der Waals surface area contributed by atoms with E-state index in [0.29, 0.717) is 24.2 Å². The van der Waals surface area contributed by atoms with Crippen LogP contribution >= 0.6 is 0 Å². The van der Waals surface area contributed by atoms with Crippen LogP contribution in [0.4, 0.5) is 10.1 Å². The Morgan fingerprint density at radius 3 is 3.00 bits per heavy atom. The molecule has 1 aromatic carbocycles. The van der Waals surface area contributed by atoms with Crippen LogP contribution in [-0.2, 0) is 4.79 Å². The molecule has 3 N–H and O–H groups in total. The molecule has 0 amide bonds. The Kier molecular flexibility index (Phi) is 3.02. The second-order valence-electron chi connectivity index (χ2n) is 4.36. The number of para-hydroxylation sites is 1. The molecule has 1 aliphatic heterocycles. The minimum absolute atomic E-state index is 0.325. The van der Waals surface area contributed by atoms with E-state index in [1.807, 2.05) is 0 Å². The van der Waals surface area contributed by atoms with Crippen molar-refractivity contribution in [3.05, 3.63) is 29.6 Å². The van der Waals surface area contributed by atoms with E-state index in [4.69, 9.17) is 10.8 Å². The van der Waals surface area contributed by atoms with Gasteiger partial charge in [-0.1, -0.05) is 12.1 Å². The molecule has 92 valence electrons. The van der Waals surface area contributed by atoms with Crippen molar-refractivity contribution in [1.82, 2.24) is 0 Å². The standard InChI is InChI=1S/C12H15FN2O2/c1-15-6-5-7(10(14)12(16)17)8-3-2-4-9(13)11(8)15/h2-4,7,10H,5-6,14H2,1H3,(H,16,17). The van der Waals surface area contributed by atoms with Crippen LogP contribution in [0, 0.1) is 5.82 Å². The first kappa shape index (κ1) is 11.9. The van der Waals surface area contributed by atoms with Crippen LogP contribution < -0.4 is 10.6 Å². The number of carbonyl (C=O) groups is 1. The quantitative estimate of drug-likeness (QED) is 0.811. The number of hydrogen-bond donors (Lipinski definition) is 2. The molecule has 5 heteroatoms. The number of anilines is 1. The number of fused-ring (bicyclic) bond motifs is 1. The maximum atomic E-state index is 13.7. The summed E-state index contributed by atoms with van der Waals surface area (Å²) in [6.07, 6.45) is 0.625. The highest BCUT2D eigenvalue weighted by atomic mass is 19.1. The van der Waals surface area contributed by atoms with E-state index < -0.39 is 12.0 Å². The average Bonchev–Trinajstić information content (AvgIpc) is 2.28. The SMILES string of the molecule is CN1CCC(C(N)C(=O)O)c2cccc(F)c21. The van der Waals surface area contributed by atoms with Crippen LogP contribution in [0.1, 0.15) is 17.9 Å². The van der Waals surface area contributed by atoms with Gasteiger partial charge in [0.1, 0.15) is 11.9 Å². The van der Waals surface area contributed by atoms with E-state index in [1.165, 1.54) is 6.07 Å². The van der Waals surface area contributed by atoms with E-state index in [-0.39, 0.29) is 11.7 Å². The summed E-state index contributed by atoms with van der Waals surface area (Å²) in [5, 5.41) is 8.96. The lowest BCUT2D eigenvalue weighted by Crippen LogP contribution is -2.41. The summed E-state index contributed by atoms with van der Waals surface area (Å²) < 4.78 is 13.7. The Labute approximate surface area is 98.8 Å². The number of nitrogens with zero attached hydrogens (tertiary/aromatic N) is 1. The monoisotopic (exact) mass is 238 g/mol. The Hall–Kier alpha value is -1.62. The van der Waals surface area contributed by atoms with Crippen molar-refractivity contribution >= 4 is 11.7 Å². The zero-order valence-corrected chi connectivity index (χ0v) is 9.56. The molecule has 17 heavy (non-hydrogen) atoms. The predicted molar refractivity (Wildman–Crippen MR) is 62.6 cm³/mol. The first-order valence-corrected chi connectivity index (χ1v) is 5.50. The molecule has 0 aromatic heterocycles. The molecular weight excluding hydrogens is 223 g/mol. The van der Waals surface area contributed by atoms with Crippen LogP contribution in [-0.4, -0.2) is 30.7 Å². The van der Waals surface area contributed by atoms with Crippen molar-refractivity contribution in [3.8, 4) is 0 Å². The molecule has 1 heterocycles. The third-order valence-corrected chi connectivity index (χ3v) is 3.29. The van der Waals surface area contributed by atoms with Gasteiger partial charge in [0.05, 0.1) is 5.69 Å². The normalized spacial score (nSPS) is 20.9. The van der Waals surface area contributed by atoms with Gasteiger partial charge in [0, 0.05) is 19.5 Å². The summed E-state index contributed by atoms with van der Waals surface area (Å²) in [4.78, 5) is 12.7. The summed E-state index contributed by atoms with van der Waals surface area (Å²) in [7, 11) is 1.80. The number of halogens is 1. The molecule has 0 saturated heterocycles. The Balaban J connectivity index is 2.46. The molecule has 1 aromatic rings. The van der Waals surface area contributed by atoms with E-state index in [9.17, 15) is 9.18 Å². The van der Waals surface area contributed by atoms with Gasteiger partial charge in [0.2, 0.25) is 0 Å². The second kappa shape index (κ2) is 4.33. The lowest BCUT2D eigenvalue weighted by Gasteiger charge is -2.34. The Morgan fingerprint density at radius 2 is 2.35 bits per heavy atom. The minimum atomic E-state index is -1.05. The molecule has 0 fully saturated rings. The molecular formula is C12H15FN2O2. The molecule has 1 aliphatic rings. The molecule has 2 unspecified atom stereocenters. The predicted octanol–water partition coefficient (Wildman–Crippen LogP) is 1.16. The topological polar surface area (TPSA) is 66.6 Å². The fourth-order valence-electron chi connectivity index (χ4n) is 2.38. The second-order valence-corrected chi connectivity index (χ2v) is 4.36. The van der Waals surface area contributed by atoms with Crippen molar-refractivity contribution in [3.63, 3.8) is 0 Å². The lowest BCUT2D eigenvalue weighted by molar-refractivity contribution is -0.139. The third-order valence-electron chi connectivity index (χ3n) is 3.29. The minimum Gasteiger partial charge on any atom is -0.480 e. The maximum absolute atomic E-state index is 13.7. The van der Waals surface area contributed by atoms with Gasteiger partial charge < -0.3 is 15.7 Å². The highest BCUT2D eigenvalue weighted by Crippen LogP contribution is 2.37. The van der Waals surface area contributed by atoms with Crippen LogP contribution in [0.15, 0.2) is 18.2 Å². The van der Waals surface area contributed by atoms with Crippen molar-refractivity contribution < 1.29 is 14.3 Å². The van der Waals surface area contributed by atoms with Crippen LogP contribution in [0.25, 0.3) is 0 Å². The summed E-state index contributed by atoms with van der Waals surface area (Å²) in [5.41, 5.74) is 6.82. The Bertz CT molecular complexity index is 450. The lowest BCUT2D eigenvalue weighted by atomic mass is 9.84. The largest absolute Gasteiger partial charge is 0.480 e. The maximum Gasteiger partial charge on any atom is 0.321 e. The van der Waals surface area contributed by atoms with Gasteiger partial charge in [-0.3, -0.25) is 4.79 Å². The molecule has 2 atom stereocenters. The van der Waals surface area contributed by atoms with Gasteiger partial charge >= 0.3 is 5.97 Å². The first-order chi connectivity index (χ1) is 8.02. The van der Waals surface area contributed by atoms with Crippen LogP contribution in [0.3, 0.4) is 0 Å². The fraction of sp³-hybridized carbons (Fsp3) is 0.417. The number of hydrogen-bond acceptors (Lipinski definition) is 3. The highest BCUT2D eigenvalue weighted by Gasteiger charge is 2.32. The van der Waals surface area contributed by atoms with E-state index in [1.54, 1.807) is 24.1 Å². The van der Waals surface area contributed by atoms with E-state index in [0.717, 1.165) is 0 Å².